The van der Waals surface area contributed by atoms with Crippen LogP contribution in [0.3, 0.4) is 0 Å². The van der Waals surface area contributed by atoms with E-state index in [2.05, 4.69) is 26.4 Å². The van der Waals surface area contributed by atoms with Crippen molar-refractivity contribution in [2.45, 2.75) is 25.3 Å². The van der Waals surface area contributed by atoms with Crippen LogP contribution in [0.25, 0.3) is 16.6 Å². The number of carbonyl (C=O) groups excluding carboxylic acids is 1. The number of rotatable bonds is 5. The van der Waals surface area contributed by atoms with Crippen molar-refractivity contribution in [1.29, 1.82) is 0 Å². The second-order valence-electron chi connectivity index (χ2n) is 8.93. The van der Waals surface area contributed by atoms with Crippen molar-refractivity contribution in [3.8, 4) is 0 Å². The summed E-state index contributed by atoms with van der Waals surface area (Å²) in [6.45, 7) is 1.98. The molecule has 35 heavy (non-hydrogen) atoms. The number of aromatic nitrogens is 5. The zero-order valence-corrected chi connectivity index (χ0v) is 19.2. The number of benzene rings is 1. The molecular formula is C26H24BN7O. The van der Waals surface area contributed by atoms with E-state index in [-0.39, 0.29) is 11.8 Å². The van der Waals surface area contributed by atoms with Crippen molar-refractivity contribution in [2.24, 2.45) is 0 Å². The fourth-order valence-electron chi connectivity index (χ4n) is 4.83. The highest BCUT2D eigenvalue weighted by atomic mass is 16.2. The number of nitrogens with zero attached hydrogens (tertiary/aromatic N) is 5. The van der Waals surface area contributed by atoms with E-state index >= 15 is 0 Å². The van der Waals surface area contributed by atoms with Gasteiger partial charge in [0.05, 0.1) is 5.56 Å². The second kappa shape index (κ2) is 8.90. The third-order valence-corrected chi connectivity index (χ3v) is 6.74. The number of carbonyl (C=O) groups is 1. The van der Waals surface area contributed by atoms with E-state index in [1.165, 1.54) is 0 Å². The normalized spacial score (nSPS) is 14.6. The predicted molar refractivity (Wildman–Crippen MR) is 136 cm³/mol. The lowest BCUT2D eigenvalue weighted by molar-refractivity contribution is 0.0714. The van der Waals surface area contributed by atoms with Crippen molar-refractivity contribution in [3.63, 3.8) is 0 Å². The number of nitrogens with one attached hydrogen (secondary N) is 2. The average Bonchev–Trinajstić information content (AvgIpc) is 3.51. The number of likely N-dealkylation sites (tertiary alicyclic amines) is 1. The summed E-state index contributed by atoms with van der Waals surface area (Å²) in [5.74, 6) is 1.14. The van der Waals surface area contributed by atoms with Gasteiger partial charge in [0.25, 0.3) is 5.91 Å². The van der Waals surface area contributed by atoms with Gasteiger partial charge in [-0.1, -0.05) is 24.3 Å². The Balaban J connectivity index is 1.21. The van der Waals surface area contributed by atoms with Gasteiger partial charge in [0.15, 0.2) is 0 Å². The van der Waals surface area contributed by atoms with E-state index in [0.717, 1.165) is 46.4 Å². The monoisotopic (exact) mass is 461 g/mol. The molecule has 9 heteroatoms. The van der Waals surface area contributed by atoms with Crippen LogP contribution in [-0.4, -0.2) is 56.3 Å². The highest BCUT2D eigenvalue weighted by Crippen LogP contribution is 2.30. The van der Waals surface area contributed by atoms with Crippen LogP contribution < -0.4 is 10.8 Å². The molecule has 1 aromatic carbocycles. The van der Waals surface area contributed by atoms with Crippen LogP contribution in [0, 0.1) is 0 Å². The lowest BCUT2D eigenvalue weighted by Crippen LogP contribution is -2.38. The van der Waals surface area contributed by atoms with Gasteiger partial charge in [-0.05, 0) is 36.0 Å². The molecule has 1 aliphatic heterocycles. The van der Waals surface area contributed by atoms with E-state index < -0.39 is 0 Å². The van der Waals surface area contributed by atoms with Crippen molar-refractivity contribution in [3.05, 3.63) is 84.1 Å². The summed E-state index contributed by atoms with van der Waals surface area (Å²) in [6, 6.07) is 13.9. The first kappa shape index (κ1) is 21.4. The first-order valence-electron chi connectivity index (χ1n) is 11.8. The third-order valence-electron chi connectivity index (χ3n) is 6.74. The van der Waals surface area contributed by atoms with Gasteiger partial charge in [-0.3, -0.25) is 9.78 Å². The van der Waals surface area contributed by atoms with Gasteiger partial charge in [-0.2, -0.15) is 9.61 Å². The Hall–Kier alpha value is -4.14. The molecule has 0 atom stereocenters. The van der Waals surface area contributed by atoms with Crippen molar-refractivity contribution < 1.29 is 4.79 Å². The molecule has 5 aromatic rings. The number of amides is 1. The van der Waals surface area contributed by atoms with Crippen molar-refractivity contribution >= 4 is 41.6 Å². The molecule has 1 fully saturated rings. The summed E-state index contributed by atoms with van der Waals surface area (Å²) in [7, 11) is 6.17. The number of hydrogen-bond donors (Lipinski definition) is 2. The number of pyridine rings is 1. The lowest BCUT2D eigenvalue weighted by atomic mass is 9.92. The molecule has 1 amide bonds. The maximum atomic E-state index is 13.2. The average molecular weight is 461 g/mol. The Morgan fingerprint density at radius 2 is 2.00 bits per heavy atom. The number of fused-ring (bicyclic) bond motifs is 2. The largest absolute Gasteiger partial charge is 0.366 e. The van der Waals surface area contributed by atoms with Crippen molar-refractivity contribution in [2.75, 3.05) is 18.4 Å². The number of hydrogen-bond acceptors (Lipinski definition) is 5. The van der Waals surface area contributed by atoms with E-state index in [4.69, 9.17) is 12.8 Å². The zero-order chi connectivity index (χ0) is 23.8. The molecule has 1 saturated heterocycles. The fourth-order valence-corrected chi connectivity index (χ4v) is 4.83. The molecule has 4 aromatic heterocycles. The fraction of sp³-hybridized carbons (Fsp3) is 0.231. The SMILES string of the molecule is [B]c1cnn2c(NCc3cccnc3)cc(C3CCN(C(=O)c4c[nH]c5ccccc45)CC3)nc12. The summed E-state index contributed by atoms with van der Waals surface area (Å²) < 4.78 is 1.74. The lowest BCUT2D eigenvalue weighted by Gasteiger charge is -2.32. The van der Waals surface area contributed by atoms with Gasteiger partial charge in [-0.25, -0.2) is 4.98 Å². The number of para-hydroxylation sites is 1. The Kier molecular flexibility index (Phi) is 5.44. The highest BCUT2D eigenvalue weighted by molar-refractivity contribution is 6.36. The topological polar surface area (TPSA) is 91.2 Å². The Labute approximate surface area is 203 Å². The maximum absolute atomic E-state index is 13.2. The van der Waals surface area contributed by atoms with Crippen LogP contribution >= 0.6 is 0 Å². The number of aromatic amines is 1. The molecule has 0 spiro atoms. The molecule has 2 radical (unpaired) electrons. The minimum absolute atomic E-state index is 0.0724. The molecule has 0 saturated carbocycles. The van der Waals surface area contributed by atoms with Crippen LogP contribution in [0.5, 0.6) is 0 Å². The summed E-state index contributed by atoms with van der Waals surface area (Å²) in [4.78, 5) is 27.4. The third kappa shape index (κ3) is 4.03. The Morgan fingerprint density at radius 3 is 2.83 bits per heavy atom. The molecule has 0 unspecified atom stereocenters. The Morgan fingerprint density at radius 1 is 1.14 bits per heavy atom. The summed E-state index contributed by atoms with van der Waals surface area (Å²) >= 11 is 0. The summed E-state index contributed by atoms with van der Waals surface area (Å²) in [6.07, 6.45) is 8.72. The van der Waals surface area contributed by atoms with Crippen LogP contribution in [0.2, 0.25) is 0 Å². The first-order valence-corrected chi connectivity index (χ1v) is 11.8. The van der Waals surface area contributed by atoms with E-state index in [1.807, 2.05) is 53.7 Å². The molecule has 1 aliphatic rings. The molecule has 0 aliphatic carbocycles. The molecule has 5 heterocycles. The molecular weight excluding hydrogens is 437 g/mol. The minimum atomic E-state index is 0.0724. The first-order chi connectivity index (χ1) is 17.2. The van der Waals surface area contributed by atoms with Gasteiger partial charge < -0.3 is 15.2 Å². The molecule has 2 N–H and O–H groups in total. The van der Waals surface area contributed by atoms with Gasteiger partial charge in [0, 0.05) is 73.0 Å². The zero-order valence-electron chi connectivity index (χ0n) is 19.2. The van der Waals surface area contributed by atoms with E-state index in [9.17, 15) is 4.79 Å². The van der Waals surface area contributed by atoms with Gasteiger partial charge in [-0.15, -0.1) is 0 Å². The van der Waals surface area contributed by atoms with Crippen LogP contribution in [-0.2, 0) is 6.54 Å². The Bertz CT molecular complexity index is 1500. The van der Waals surface area contributed by atoms with Gasteiger partial charge in [0.1, 0.15) is 19.3 Å². The molecule has 172 valence electrons. The summed E-state index contributed by atoms with van der Waals surface area (Å²) in [5.41, 5.74) is 4.94. The highest BCUT2D eigenvalue weighted by Gasteiger charge is 2.27. The van der Waals surface area contributed by atoms with Gasteiger partial charge in [0.2, 0.25) is 0 Å². The molecule has 0 bridgehead atoms. The minimum Gasteiger partial charge on any atom is -0.366 e. The number of piperidine rings is 1. The molecule has 6 rings (SSSR count). The summed E-state index contributed by atoms with van der Waals surface area (Å²) in [5, 5.41) is 8.82. The van der Waals surface area contributed by atoms with Crippen LogP contribution in [0.15, 0.2) is 67.3 Å². The van der Waals surface area contributed by atoms with Crippen LogP contribution in [0.4, 0.5) is 5.82 Å². The predicted octanol–water partition coefficient (Wildman–Crippen LogP) is 3.03. The smallest absolute Gasteiger partial charge is 0.256 e. The standard InChI is InChI=1S/C26H24BN7O/c27-21-16-31-34-24(30-14-17-4-3-9-28-13-17)12-23(32-25(21)34)18-7-10-33(11-8-18)26(35)20-15-29-22-6-2-1-5-19(20)22/h1-6,9,12-13,15-16,18,29-30H,7-8,10-11,14H2. The number of anilines is 1. The van der Waals surface area contributed by atoms with E-state index in [0.29, 0.717) is 30.7 Å². The molecule has 8 nitrogen and oxygen atoms in total. The van der Waals surface area contributed by atoms with Crippen LogP contribution in [0.1, 0.15) is 40.4 Å². The number of H-pyrrole nitrogens is 1. The quantitative estimate of drug-likeness (QED) is 0.393. The van der Waals surface area contributed by atoms with Gasteiger partial charge >= 0.3 is 0 Å². The second-order valence-corrected chi connectivity index (χ2v) is 8.93. The maximum Gasteiger partial charge on any atom is 0.256 e. The van der Waals surface area contributed by atoms with Crippen molar-refractivity contribution in [1.82, 2.24) is 29.5 Å². The van der Waals surface area contributed by atoms with E-state index in [1.54, 1.807) is 16.9 Å².